The predicted molar refractivity (Wildman–Crippen MR) is 135 cm³/mol. The van der Waals surface area contributed by atoms with E-state index >= 15 is 0 Å². The van der Waals surface area contributed by atoms with Gasteiger partial charge in [-0.2, -0.15) is 0 Å². The normalized spacial score (nSPS) is 11.6. The summed E-state index contributed by atoms with van der Waals surface area (Å²) in [5, 5.41) is 4.55. The molecular formula is C30H18N2O. The lowest BCUT2D eigenvalue weighted by molar-refractivity contribution is 0.669. The molecule has 0 fully saturated rings. The van der Waals surface area contributed by atoms with Crippen molar-refractivity contribution in [2.24, 2.45) is 0 Å². The van der Waals surface area contributed by atoms with Crippen molar-refractivity contribution in [3.05, 3.63) is 109 Å². The fourth-order valence-electron chi connectivity index (χ4n) is 4.61. The molecule has 0 bridgehead atoms. The molecular weight excluding hydrogens is 404 g/mol. The highest BCUT2D eigenvalue weighted by Crippen LogP contribution is 2.36. The summed E-state index contributed by atoms with van der Waals surface area (Å²) in [5.41, 5.74) is 7.49. The van der Waals surface area contributed by atoms with Gasteiger partial charge in [0.25, 0.3) is 0 Å². The Morgan fingerprint density at radius 2 is 1.15 bits per heavy atom. The lowest BCUT2D eigenvalue weighted by Crippen LogP contribution is -1.95. The smallest absolute Gasteiger partial charge is 0.136 e. The van der Waals surface area contributed by atoms with Crippen LogP contribution in [0.2, 0.25) is 0 Å². The van der Waals surface area contributed by atoms with Crippen molar-refractivity contribution in [2.75, 3.05) is 0 Å². The van der Waals surface area contributed by atoms with Gasteiger partial charge in [-0.15, -0.1) is 0 Å². The number of rotatable bonds is 2. The predicted octanol–water partition coefficient (Wildman–Crippen LogP) is 8.02. The molecule has 0 amide bonds. The molecule has 0 unspecified atom stereocenters. The average molecular weight is 422 g/mol. The number of aromatic nitrogens is 2. The fourth-order valence-corrected chi connectivity index (χ4v) is 4.61. The van der Waals surface area contributed by atoms with E-state index in [-0.39, 0.29) is 0 Å². The molecule has 7 aromatic rings. The van der Waals surface area contributed by atoms with E-state index < -0.39 is 0 Å². The van der Waals surface area contributed by atoms with Crippen molar-refractivity contribution in [3.8, 4) is 22.5 Å². The average Bonchev–Trinajstić information content (AvgIpc) is 3.24. The van der Waals surface area contributed by atoms with Crippen molar-refractivity contribution in [3.63, 3.8) is 0 Å². The van der Waals surface area contributed by atoms with Gasteiger partial charge in [0.2, 0.25) is 0 Å². The number of benzene rings is 5. The standard InChI is InChI=1S/C30H18N2O/c1-2-8-19(9-3-1)29-30(32-26-12-6-5-11-25(26)31-29)21-15-14-20-18-28-24(17-22(20)16-21)23-10-4-7-13-27(23)33-28/h1-18H. The Hall–Kier alpha value is -4.50. The number of nitrogens with zero attached hydrogens (tertiary/aromatic N) is 2. The van der Waals surface area contributed by atoms with Gasteiger partial charge in [-0.05, 0) is 47.2 Å². The number of furan rings is 1. The monoisotopic (exact) mass is 422 g/mol. The molecule has 33 heavy (non-hydrogen) atoms. The first kappa shape index (κ1) is 18.1. The zero-order valence-corrected chi connectivity index (χ0v) is 17.7. The van der Waals surface area contributed by atoms with Gasteiger partial charge in [0.05, 0.1) is 22.4 Å². The molecule has 0 atom stereocenters. The van der Waals surface area contributed by atoms with Crippen molar-refractivity contribution in [1.29, 1.82) is 0 Å². The van der Waals surface area contributed by atoms with Gasteiger partial charge in [0, 0.05) is 21.9 Å². The minimum atomic E-state index is 0.888. The molecule has 0 saturated heterocycles. The highest BCUT2D eigenvalue weighted by atomic mass is 16.3. The highest BCUT2D eigenvalue weighted by Gasteiger charge is 2.14. The molecule has 0 radical (unpaired) electrons. The maximum atomic E-state index is 6.08. The van der Waals surface area contributed by atoms with E-state index in [1.165, 1.54) is 0 Å². The molecule has 3 nitrogen and oxygen atoms in total. The van der Waals surface area contributed by atoms with Gasteiger partial charge in [0.1, 0.15) is 11.2 Å². The topological polar surface area (TPSA) is 38.9 Å². The summed E-state index contributed by atoms with van der Waals surface area (Å²) in [6.07, 6.45) is 0. The molecule has 0 aliphatic carbocycles. The van der Waals surface area contributed by atoms with Gasteiger partial charge in [0.15, 0.2) is 0 Å². The first-order valence-corrected chi connectivity index (χ1v) is 11.0. The van der Waals surface area contributed by atoms with E-state index in [0.717, 1.165) is 66.3 Å². The van der Waals surface area contributed by atoms with Crippen LogP contribution >= 0.6 is 0 Å². The van der Waals surface area contributed by atoms with Crippen LogP contribution in [0.5, 0.6) is 0 Å². The summed E-state index contributed by atoms with van der Waals surface area (Å²) in [5.74, 6) is 0. The third-order valence-electron chi connectivity index (χ3n) is 6.23. The Morgan fingerprint density at radius 1 is 0.455 bits per heavy atom. The minimum Gasteiger partial charge on any atom is -0.456 e. The molecule has 0 spiro atoms. The van der Waals surface area contributed by atoms with E-state index in [1.54, 1.807) is 0 Å². The zero-order valence-electron chi connectivity index (χ0n) is 17.7. The Bertz CT molecular complexity index is 1820. The fraction of sp³-hybridized carbons (Fsp3) is 0. The summed E-state index contributed by atoms with van der Waals surface area (Å²) in [4.78, 5) is 10.1. The van der Waals surface area contributed by atoms with Crippen molar-refractivity contribution >= 4 is 43.7 Å². The second-order valence-corrected chi connectivity index (χ2v) is 8.28. The third-order valence-corrected chi connectivity index (χ3v) is 6.23. The molecule has 0 aliphatic heterocycles. The van der Waals surface area contributed by atoms with E-state index in [0.29, 0.717) is 0 Å². The minimum absolute atomic E-state index is 0.888. The van der Waals surface area contributed by atoms with Crippen LogP contribution in [0.4, 0.5) is 0 Å². The number of para-hydroxylation sites is 3. The van der Waals surface area contributed by atoms with E-state index in [4.69, 9.17) is 14.4 Å². The van der Waals surface area contributed by atoms with Crippen LogP contribution in [0, 0.1) is 0 Å². The molecule has 7 rings (SSSR count). The third kappa shape index (κ3) is 2.90. The van der Waals surface area contributed by atoms with Gasteiger partial charge < -0.3 is 4.42 Å². The largest absolute Gasteiger partial charge is 0.456 e. The lowest BCUT2D eigenvalue weighted by atomic mass is 9.99. The van der Waals surface area contributed by atoms with Crippen LogP contribution in [0.1, 0.15) is 0 Å². The van der Waals surface area contributed by atoms with Crippen molar-refractivity contribution < 1.29 is 4.42 Å². The maximum absolute atomic E-state index is 6.08. The highest BCUT2D eigenvalue weighted by molar-refractivity contribution is 6.10. The molecule has 0 saturated carbocycles. The quantitative estimate of drug-likeness (QED) is 0.283. The van der Waals surface area contributed by atoms with Crippen molar-refractivity contribution in [1.82, 2.24) is 9.97 Å². The van der Waals surface area contributed by atoms with Crippen LogP contribution in [0.15, 0.2) is 114 Å². The van der Waals surface area contributed by atoms with E-state index in [2.05, 4.69) is 54.6 Å². The van der Waals surface area contributed by atoms with Crippen LogP contribution in [0.3, 0.4) is 0 Å². The summed E-state index contributed by atoms with van der Waals surface area (Å²) in [6, 6.07) is 37.3. The second kappa shape index (κ2) is 7.01. The molecule has 3 heteroatoms. The summed E-state index contributed by atoms with van der Waals surface area (Å²) >= 11 is 0. The number of hydrogen-bond acceptors (Lipinski definition) is 3. The van der Waals surface area contributed by atoms with Gasteiger partial charge in [-0.25, -0.2) is 9.97 Å². The summed E-state index contributed by atoms with van der Waals surface area (Å²) in [7, 11) is 0. The van der Waals surface area contributed by atoms with Crippen LogP contribution in [-0.2, 0) is 0 Å². The van der Waals surface area contributed by atoms with Crippen LogP contribution in [-0.4, -0.2) is 9.97 Å². The van der Waals surface area contributed by atoms with Crippen LogP contribution in [0.25, 0.3) is 66.3 Å². The van der Waals surface area contributed by atoms with Gasteiger partial charge in [-0.3, -0.25) is 0 Å². The molecule has 2 heterocycles. The molecule has 2 aromatic heterocycles. The zero-order chi connectivity index (χ0) is 21.8. The van der Waals surface area contributed by atoms with Gasteiger partial charge in [-0.1, -0.05) is 72.8 Å². The first-order valence-electron chi connectivity index (χ1n) is 11.0. The SMILES string of the molecule is c1ccc(-c2nc3ccccc3nc2-c2ccc3cc4oc5ccccc5c4cc3c2)cc1. The Morgan fingerprint density at radius 3 is 1.97 bits per heavy atom. The van der Waals surface area contributed by atoms with Gasteiger partial charge >= 0.3 is 0 Å². The van der Waals surface area contributed by atoms with E-state index in [1.807, 2.05) is 54.6 Å². The Kier molecular flexibility index (Phi) is 3.84. The number of fused-ring (bicyclic) bond motifs is 5. The number of hydrogen-bond donors (Lipinski definition) is 0. The molecule has 5 aromatic carbocycles. The summed E-state index contributed by atoms with van der Waals surface area (Å²) < 4.78 is 6.08. The molecule has 154 valence electrons. The van der Waals surface area contributed by atoms with Crippen LogP contribution < -0.4 is 0 Å². The van der Waals surface area contributed by atoms with E-state index in [9.17, 15) is 0 Å². The first-order chi connectivity index (χ1) is 16.3. The Labute approximate surface area is 190 Å². The molecule has 0 aliphatic rings. The maximum Gasteiger partial charge on any atom is 0.136 e. The summed E-state index contributed by atoms with van der Waals surface area (Å²) in [6.45, 7) is 0. The Balaban J connectivity index is 1.50. The second-order valence-electron chi connectivity index (χ2n) is 8.28. The molecule has 0 N–H and O–H groups in total. The van der Waals surface area contributed by atoms with Crippen molar-refractivity contribution in [2.45, 2.75) is 0 Å². The lowest BCUT2D eigenvalue weighted by Gasteiger charge is -2.11.